The molecule has 0 spiro atoms. The molecule has 0 unspecified atom stereocenters. The summed E-state index contributed by atoms with van der Waals surface area (Å²) >= 11 is 0. The van der Waals surface area contributed by atoms with Crippen molar-refractivity contribution in [1.82, 2.24) is 9.88 Å². The molecule has 39 heavy (non-hydrogen) atoms. The van der Waals surface area contributed by atoms with Crippen LogP contribution >= 0.6 is 0 Å². The van der Waals surface area contributed by atoms with Gasteiger partial charge in [0.2, 0.25) is 14.0 Å². The zero-order chi connectivity index (χ0) is 26.7. The quantitative estimate of drug-likeness (QED) is 0.255. The van der Waals surface area contributed by atoms with Gasteiger partial charge in [-0.3, -0.25) is 0 Å². The lowest BCUT2D eigenvalue weighted by Crippen LogP contribution is -2.75. The average Bonchev–Trinajstić information content (AvgIpc) is 3.43. The van der Waals surface area contributed by atoms with Gasteiger partial charge in [-0.25, -0.2) is 4.98 Å². The third-order valence-electron chi connectivity index (χ3n) is 7.09. The second kappa shape index (κ2) is 10.5. The lowest BCUT2D eigenvalue weighted by molar-refractivity contribution is 0.403. The Hall–Kier alpha value is -4.81. The molecule has 6 heteroatoms. The SMILES string of the molecule is CN1C=CN(c2cccc([Si](c3ccccc3)(c3ccccc3)c3cccc(Oc4ccccc4O)n3)c2)C1. The van der Waals surface area contributed by atoms with Crippen molar-refractivity contribution < 1.29 is 9.84 Å². The Morgan fingerprint density at radius 1 is 0.692 bits per heavy atom. The van der Waals surface area contributed by atoms with Crippen LogP contribution in [0.15, 0.2) is 140 Å². The summed E-state index contributed by atoms with van der Waals surface area (Å²) in [6.45, 7) is 0.802. The molecule has 0 fully saturated rings. The molecular weight excluding hydrogens is 498 g/mol. The van der Waals surface area contributed by atoms with E-state index in [1.807, 2.05) is 18.2 Å². The first-order valence-electron chi connectivity index (χ1n) is 12.9. The maximum absolute atomic E-state index is 10.3. The average molecular weight is 528 g/mol. The van der Waals surface area contributed by atoms with Crippen molar-refractivity contribution in [3.05, 3.63) is 140 Å². The van der Waals surface area contributed by atoms with Crippen LogP contribution < -0.4 is 30.5 Å². The summed E-state index contributed by atoms with van der Waals surface area (Å²) in [6.07, 6.45) is 4.21. The number of pyridine rings is 1. The predicted octanol–water partition coefficient (Wildman–Crippen LogP) is 4.14. The minimum absolute atomic E-state index is 0.0793. The third-order valence-corrected chi connectivity index (χ3v) is 11.7. The summed E-state index contributed by atoms with van der Waals surface area (Å²) in [5, 5.41) is 15.0. The van der Waals surface area contributed by atoms with Gasteiger partial charge in [-0.15, -0.1) is 0 Å². The second-order valence-electron chi connectivity index (χ2n) is 9.63. The molecule has 0 radical (unpaired) electrons. The summed E-state index contributed by atoms with van der Waals surface area (Å²) in [5.41, 5.74) is 1.14. The van der Waals surface area contributed by atoms with E-state index in [0.717, 1.165) is 17.7 Å². The molecule has 0 saturated heterocycles. The van der Waals surface area contributed by atoms with E-state index in [9.17, 15) is 5.11 Å². The number of hydrogen-bond acceptors (Lipinski definition) is 5. The van der Waals surface area contributed by atoms with E-state index in [-0.39, 0.29) is 5.75 Å². The van der Waals surface area contributed by atoms with Crippen LogP contribution in [0.2, 0.25) is 0 Å². The van der Waals surface area contributed by atoms with Gasteiger partial charge in [0.05, 0.1) is 6.67 Å². The van der Waals surface area contributed by atoms with Gasteiger partial charge in [0.1, 0.15) is 0 Å². The first-order chi connectivity index (χ1) is 19.1. The van der Waals surface area contributed by atoms with E-state index < -0.39 is 8.07 Å². The number of ether oxygens (including phenoxy) is 1. The van der Waals surface area contributed by atoms with Crippen LogP contribution in [0.3, 0.4) is 0 Å². The molecular formula is C33H29N3O2Si. The summed E-state index contributed by atoms with van der Waals surface area (Å²) in [7, 11) is -0.803. The highest BCUT2D eigenvalue weighted by Crippen LogP contribution is 2.28. The zero-order valence-electron chi connectivity index (χ0n) is 21.7. The highest BCUT2D eigenvalue weighted by atomic mass is 28.3. The number of nitrogens with zero attached hydrogens (tertiary/aromatic N) is 3. The molecule has 0 atom stereocenters. The monoisotopic (exact) mass is 527 g/mol. The minimum Gasteiger partial charge on any atom is -0.504 e. The topological polar surface area (TPSA) is 48.8 Å². The highest BCUT2D eigenvalue weighted by molar-refractivity contribution is 7.19. The van der Waals surface area contributed by atoms with Gasteiger partial charge in [0, 0.05) is 36.5 Å². The predicted molar refractivity (Wildman–Crippen MR) is 160 cm³/mol. The second-order valence-corrected chi connectivity index (χ2v) is 13.4. The maximum atomic E-state index is 10.3. The van der Waals surface area contributed by atoms with E-state index in [1.165, 1.54) is 15.6 Å². The molecule has 1 aliphatic rings. The van der Waals surface area contributed by atoms with Crippen molar-refractivity contribution in [3.63, 3.8) is 0 Å². The molecule has 0 saturated carbocycles. The smallest absolute Gasteiger partial charge is 0.219 e. The molecule has 5 aromatic rings. The van der Waals surface area contributed by atoms with Crippen LogP contribution in [0, 0.1) is 0 Å². The van der Waals surface area contributed by atoms with Crippen LogP contribution in [0.25, 0.3) is 0 Å². The number of phenolic OH excluding ortho intramolecular Hbond substituents is 1. The van der Waals surface area contributed by atoms with Gasteiger partial charge >= 0.3 is 0 Å². The number of benzene rings is 4. The van der Waals surface area contributed by atoms with Gasteiger partial charge in [-0.2, -0.15) is 0 Å². The van der Waals surface area contributed by atoms with E-state index in [4.69, 9.17) is 9.72 Å². The number of aromatic hydroxyl groups is 1. The number of anilines is 1. The Bertz CT molecular complexity index is 1570. The maximum Gasteiger partial charge on any atom is 0.219 e. The molecule has 0 amide bonds. The van der Waals surface area contributed by atoms with Crippen molar-refractivity contribution >= 4 is 34.6 Å². The first kappa shape index (κ1) is 24.5. The number of aromatic nitrogens is 1. The molecule has 2 heterocycles. The first-order valence-corrected chi connectivity index (χ1v) is 14.9. The van der Waals surface area contributed by atoms with Gasteiger partial charge in [0.25, 0.3) is 0 Å². The van der Waals surface area contributed by atoms with Crippen molar-refractivity contribution in [2.24, 2.45) is 0 Å². The van der Waals surface area contributed by atoms with Gasteiger partial charge in [-0.05, 0) is 45.9 Å². The molecule has 0 aliphatic carbocycles. The fourth-order valence-electron chi connectivity index (χ4n) is 5.27. The fraction of sp³-hybridized carbons (Fsp3) is 0.0606. The molecule has 0 bridgehead atoms. The van der Waals surface area contributed by atoms with Crippen LogP contribution in [-0.2, 0) is 0 Å². The third kappa shape index (κ3) is 4.66. The van der Waals surface area contributed by atoms with E-state index in [2.05, 4.69) is 120 Å². The molecule has 4 aromatic carbocycles. The summed E-state index contributed by atoms with van der Waals surface area (Å²) in [5.74, 6) is 0.898. The Balaban J connectivity index is 1.58. The van der Waals surface area contributed by atoms with E-state index >= 15 is 0 Å². The molecule has 1 aromatic heterocycles. The molecule has 5 nitrogen and oxygen atoms in total. The molecule has 1 aliphatic heterocycles. The lowest BCUT2D eigenvalue weighted by atomic mass is 10.3. The summed E-state index contributed by atoms with van der Waals surface area (Å²) < 4.78 is 6.11. The van der Waals surface area contributed by atoms with Crippen LogP contribution in [0.1, 0.15) is 0 Å². The molecule has 192 valence electrons. The largest absolute Gasteiger partial charge is 0.504 e. The van der Waals surface area contributed by atoms with Crippen molar-refractivity contribution in [2.45, 2.75) is 0 Å². The Morgan fingerprint density at radius 2 is 1.33 bits per heavy atom. The number of phenols is 1. The standard InChI is InChI=1S/C33H29N3O2Si/c1-35-22-23-36(25-35)26-12-10-17-29(24-26)39(27-13-4-2-5-14-27,28-15-6-3-7-16-28)33-21-11-20-32(34-33)38-31-19-9-8-18-30(31)37/h2-24,37H,25H2,1H3. The number of rotatable bonds is 7. The molecule has 6 rings (SSSR count). The highest BCUT2D eigenvalue weighted by Gasteiger charge is 2.43. The van der Waals surface area contributed by atoms with Crippen LogP contribution in [0.5, 0.6) is 17.4 Å². The van der Waals surface area contributed by atoms with Gasteiger partial charge in [-0.1, -0.05) is 91.0 Å². The lowest BCUT2D eigenvalue weighted by Gasteiger charge is -2.34. The van der Waals surface area contributed by atoms with Crippen LogP contribution in [0.4, 0.5) is 5.69 Å². The number of hydrogen-bond donors (Lipinski definition) is 1. The van der Waals surface area contributed by atoms with Crippen molar-refractivity contribution in [3.8, 4) is 17.4 Å². The summed E-state index contributed by atoms with van der Waals surface area (Å²) in [6, 6.07) is 43.1. The van der Waals surface area contributed by atoms with Gasteiger partial charge in [0.15, 0.2) is 11.5 Å². The van der Waals surface area contributed by atoms with Crippen molar-refractivity contribution in [1.29, 1.82) is 0 Å². The Morgan fingerprint density at radius 3 is 2.00 bits per heavy atom. The Labute approximate surface area is 229 Å². The van der Waals surface area contributed by atoms with Crippen molar-refractivity contribution in [2.75, 3.05) is 18.6 Å². The Kier molecular flexibility index (Phi) is 6.61. The van der Waals surface area contributed by atoms with Crippen LogP contribution in [-0.4, -0.2) is 36.8 Å². The van der Waals surface area contributed by atoms with E-state index in [1.54, 1.807) is 18.2 Å². The normalized spacial score (nSPS) is 13.1. The minimum atomic E-state index is -2.88. The number of para-hydroxylation sites is 2. The fourth-order valence-corrected chi connectivity index (χ4v) is 9.88. The summed E-state index contributed by atoms with van der Waals surface area (Å²) in [4.78, 5) is 9.56. The van der Waals surface area contributed by atoms with Gasteiger partial charge < -0.3 is 19.6 Å². The molecule has 1 N–H and O–H groups in total. The zero-order valence-corrected chi connectivity index (χ0v) is 22.7. The van der Waals surface area contributed by atoms with E-state index in [0.29, 0.717) is 11.6 Å².